The molecule has 0 saturated carbocycles. The molecule has 3 aromatic rings. The van der Waals surface area contributed by atoms with Gasteiger partial charge in [-0.2, -0.15) is 4.98 Å². The highest BCUT2D eigenvalue weighted by molar-refractivity contribution is 8.76. The topological polar surface area (TPSA) is 200 Å². The van der Waals surface area contributed by atoms with Crippen molar-refractivity contribution < 1.29 is 33.4 Å². The molecule has 5 atom stereocenters. The number of hydrogen-bond donors (Lipinski definition) is 5. The van der Waals surface area contributed by atoms with E-state index in [1.807, 2.05) is 30.3 Å². The van der Waals surface area contributed by atoms with Crippen molar-refractivity contribution >= 4 is 52.0 Å². The van der Waals surface area contributed by atoms with Gasteiger partial charge in [0.25, 0.3) is 0 Å². The molecule has 1 aromatic heterocycles. The number of anilines is 1. The molecule has 0 bridgehead atoms. The summed E-state index contributed by atoms with van der Waals surface area (Å²) >= 11 is 0. The van der Waals surface area contributed by atoms with Gasteiger partial charge in [-0.1, -0.05) is 126 Å². The van der Waals surface area contributed by atoms with E-state index < -0.39 is 44.6 Å². The van der Waals surface area contributed by atoms with E-state index in [2.05, 4.69) is 88.1 Å². The van der Waals surface area contributed by atoms with Gasteiger partial charge in [-0.15, -0.1) is 0 Å². The fraction of sp³-hybridized carbons (Fsp3) is 0.429. The predicted octanol–water partition coefficient (Wildman–Crippen LogP) is 7.21. The van der Waals surface area contributed by atoms with Gasteiger partial charge in [0.15, 0.2) is 6.23 Å². The number of ether oxygens (including phenoxy) is 1. The lowest BCUT2D eigenvalue weighted by atomic mass is 10.1. The normalized spacial score (nSPS) is 19.6. The summed E-state index contributed by atoms with van der Waals surface area (Å²) in [7, 11) is -0.976. The van der Waals surface area contributed by atoms with Crippen LogP contribution in [0.3, 0.4) is 0 Å². The van der Waals surface area contributed by atoms with E-state index in [1.165, 1.54) is 10.8 Å². The molecule has 1 fully saturated rings. The first-order chi connectivity index (χ1) is 28.7. The first-order valence-corrected chi connectivity index (χ1v) is 23.9. The number of rotatable bonds is 27. The van der Waals surface area contributed by atoms with Crippen molar-refractivity contribution in [1.29, 1.82) is 0 Å². The second-order valence-corrected chi connectivity index (χ2v) is 17.8. The maximum Gasteiger partial charge on any atom is 0.458 e. The molecule has 2 heterocycles. The van der Waals surface area contributed by atoms with E-state index in [9.17, 15) is 24.4 Å². The highest BCUT2D eigenvalue weighted by Gasteiger charge is 2.45. The van der Waals surface area contributed by atoms with Crippen LogP contribution in [0.15, 0.2) is 114 Å². The third-order valence-electron chi connectivity index (χ3n) is 8.75. The molecular formula is C42H57N6O8PS2. The number of benzene rings is 2. The molecule has 2 aromatic carbocycles. The number of unbranched alkanes of at least 4 members (excludes halogenated alkanes) is 1. The molecule has 14 nitrogen and oxygen atoms in total. The number of fused-ring (bicyclic) bond motifs is 1. The number of aliphatic hydroxyl groups excluding tert-OH is 2. The summed E-state index contributed by atoms with van der Waals surface area (Å²) < 4.78 is 32.6. The van der Waals surface area contributed by atoms with Crippen LogP contribution in [0.25, 0.3) is 10.8 Å². The Bertz CT molecular complexity index is 1990. The number of nitrogens with zero attached hydrogens (tertiary/aromatic N) is 3. The van der Waals surface area contributed by atoms with E-state index >= 15 is 0 Å². The van der Waals surface area contributed by atoms with Gasteiger partial charge in [-0.25, -0.2) is 19.4 Å². The van der Waals surface area contributed by atoms with Crippen LogP contribution in [-0.4, -0.2) is 80.2 Å². The average molecular weight is 869 g/mol. The summed E-state index contributed by atoms with van der Waals surface area (Å²) in [6.45, 7) is 2.46. The molecule has 0 aliphatic carbocycles. The Labute approximate surface area is 354 Å². The van der Waals surface area contributed by atoms with Crippen LogP contribution in [0, 0.1) is 0 Å². The van der Waals surface area contributed by atoms with Crippen LogP contribution < -0.4 is 26.4 Å². The SMILES string of the molecule is CCC=CCC=CCC=CCC=CCC=CCCCC(=O)NCCSSCCNP(=O)(OCC1OC(n2cnc(N)nc2=O)C(O)C1O)Oc1cccc2ccccc12. The molecule has 59 heavy (non-hydrogen) atoms. The zero-order valence-electron chi connectivity index (χ0n) is 33.4. The number of aliphatic hydroxyl groups is 2. The highest BCUT2D eigenvalue weighted by Crippen LogP contribution is 2.47. The van der Waals surface area contributed by atoms with E-state index in [1.54, 1.807) is 22.9 Å². The molecule has 0 radical (unpaired) electrons. The van der Waals surface area contributed by atoms with Gasteiger partial charge in [-0.05, 0) is 56.4 Å². The number of carbonyl (C=O) groups is 1. The van der Waals surface area contributed by atoms with Crippen molar-refractivity contribution in [3.05, 3.63) is 120 Å². The molecule has 4 rings (SSSR count). The minimum Gasteiger partial charge on any atom is -0.413 e. The van der Waals surface area contributed by atoms with Crippen LogP contribution in [0.4, 0.5) is 5.95 Å². The Kier molecular flexibility index (Phi) is 21.8. The third-order valence-corrected chi connectivity index (χ3v) is 12.7. The molecule has 1 amide bonds. The lowest BCUT2D eigenvalue weighted by Crippen LogP contribution is -2.36. The predicted molar refractivity (Wildman–Crippen MR) is 239 cm³/mol. The maximum atomic E-state index is 14.2. The Balaban J connectivity index is 1.12. The number of nitrogens with one attached hydrogen (secondary N) is 2. The summed E-state index contributed by atoms with van der Waals surface area (Å²) in [6.07, 6.45) is 24.2. The van der Waals surface area contributed by atoms with E-state index in [0.717, 1.165) is 66.6 Å². The van der Waals surface area contributed by atoms with Crippen molar-refractivity contribution in [3.8, 4) is 5.75 Å². The van der Waals surface area contributed by atoms with Crippen molar-refractivity contribution in [1.82, 2.24) is 24.9 Å². The monoisotopic (exact) mass is 868 g/mol. The lowest BCUT2D eigenvalue weighted by molar-refractivity contribution is -0.121. The van der Waals surface area contributed by atoms with Crippen molar-refractivity contribution in [2.45, 2.75) is 82.8 Å². The molecule has 0 spiro atoms. The van der Waals surface area contributed by atoms with Gasteiger partial charge < -0.3 is 30.5 Å². The molecule has 1 aliphatic heterocycles. The van der Waals surface area contributed by atoms with Gasteiger partial charge in [0.05, 0.1) is 6.61 Å². The number of carbonyl (C=O) groups excluding carboxylic acids is 1. The zero-order chi connectivity index (χ0) is 42.1. The van der Waals surface area contributed by atoms with Gasteiger partial charge in [0.1, 0.15) is 30.4 Å². The van der Waals surface area contributed by atoms with E-state index in [0.29, 0.717) is 30.2 Å². The van der Waals surface area contributed by atoms with Gasteiger partial charge in [0, 0.05) is 36.4 Å². The number of hydrogen-bond acceptors (Lipinski definition) is 13. The summed E-state index contributed by atoms with van der Waals surface area (Å²) in [4.78, 5) is 31.9. The van der Waals surface area contributed by atoms with Crippen LogP contribution in [0.1, 0.15) is 64.5 Å². The summed E-state index contributed by atoms with van der Waals surface area (Å²) in [5.74, 6) is 1.32. The molecule has 1 aliphatic rings. The van der Waals surface area contributed by atoms with Gasteiger partial charge in [0.2, 0.25) is 11.9 Å². The smallest absolute Gasteiger partial charge is 0.413 e. The highest BCUT2D eigenvalue weighted by atomic mass is 33.1. The second-order valence-electron chi connectivity index (χ2n) is 13.3. The third kappa shape index (κ3) is 17.3. The van der Waals surface area contributed by atoms with Gasteiger partial charge >= 0.3 is 13.4 Å². The number of nitrogen functional groups attached to an aromatic ring is 1. The van der Waals surface area contributed by atoms with Crippen LogP contribution >= 0.6 is 29.3 Å². The first-order valence-electron chi connectivity index (χ1n) is 19.9. The Hall–Kier alpha value is -3.99. The summed E-state index contributed by atoms with van der Waals surface area (Å²) in [5.41, 5.74) is 4.64. The van der Waals surface area contributed by atoms with Crippen LogP contribution in [-0.2, 0) is 18.6 Å². The van der Waals surface area contributed by atoms with Crippen molar-refractivity contribution in [2.75, 3.05) is 36.9 Å². The largest absolute Gasteiger partial charge is 0.458 e. The van der Waals surface area contributed by atoms with Crippen molar-refractivity contribution in [3.63, 3.8) is 0 Å². The van der Waals surface area contributed by atoms with Crippen molar-refractivity contribution in [2.24, 2.45) is 0 Å². The Morgan fingerprint density at radius 1 is 0.915 bits per heavy atom. The molecular weight excluding hydrogens is 812 g/mol. The minimum absolute atomic E-state index is 0.0253. The average Bonchev–Trinajstić information content (AvgIpc) is 3.51. The summed E-state index contributed by atoms with van der Waals surface area (Å²) in [6, 6.07) is 12.8. The van der Waals surface area contributed by atoms with Crippen LogP contribution in [0.2, 0.25) is 0 Å². The number of aromatic nitrogens is 3. The maximum absolute atomic E-state index is 14.2. The molecule has 5 unspecified atom stereocenters. The van der Waals surface area contributed by atoms with E-state index in [4.69, 9.17) is 19.5 Å². The minimum atomic E-state index is -4.09. The van der Waals surface area contributed by atoms with E-state index in [-0.39, 0.29) is 18.4 Å². The molecule has 17 heteroatoms. The molecule has 6 N–H and O–H groups in total. The molecule has 1 saturated heterocycles. The molecule has 320 valence electrons. The number of amides is 1. The second kappa shape index (κ2) is 27.0. The fourth-order valence-corrected chi connectivity index (χ4v) is 9.04. The van der Waals surface area contributed by atoms with Gasteiger partial charge in [-0.3, -0.25) is 13.9 Å². The Morgan fingerprint density at radius 3 is 2.25 bits per heavy atom. The standard InChI is InChI=1S/C42H57N6O8PS2/c1-2-3-4-5-6-7-8-9-10-11-12-13-14-15-16-17-18-26-37(49)44-27-29-58-59-30-28-46-57(53,56-35-25-21-23-33-22-19-20-24-34(33)35)54-31-36-38(50)39(51)40(55-36)48-32-45-41(43)47-42(48)52/h3-4,6-7,9-10,12-13,15-16,19-25,32,36,38-40,50-51H,2,5,8,11,14,17-18,26-31H2,1H3,(H,44,49)(H,46,53)(H2,43,47,52). The zero-order valence-corrected chi connectivity index (χ0v) is 35.9. The summed E-state index contributed by atoms with van der Waals surface area (Å²) in [5, 5.41) is 28.8. The number of nitrogens with two attached hydrogens (primary N) is 1. The Morgan fingerprint density at radius 2 is 1.56 bits per heavy atom. The number of allylic oxidation sites excluding steroid dienone is 10. The first kappa shape index (κ1) is 47.7. The quantitative estimate of drug-likeness (QED) is 0.0223. The van der Waals surface area contributed by atoms with Crippen LogP contribution in [0.5, 0.6) is 5.75 Å². The fourth-order valence-electron chi connectivity index (χ4n) is 5.72. The lowest BCUT2D eigenvalue weighted by Gasteiger charge is -2.23.